The first-order valence-electron chi connectivity index (χ1n) is 7.71. The summed E-state index contributed by atoms with van der Waals surface area (Å²) in [6.07, 6.45) is 5.55. The number of ether oxygens (including phenoxy) is 2. The van der Waals surface area contributed by atoms with Crippen LogP contribution in [0.15, 0.2) is 35.3 Å². The van der Waals surface area contributed by atoms with E-state index in [0.29, 0.717) is 19.3 Å². The molecular weight excluding hydrogens is 276 g/mol. The first-order chi connectivity index (χ1) is 10.8. The average molecular weight is 298 g/mol. The van der Waals surface area contributed by atoms with Gasteiger partial charge in [0, 0.05) is 23.6 Å². The third-order valence-corrected chi connectivity index (χ3v) is 4.17. The first-order valence-corrected chi connectivity index (χ1v) is 7.71. The van der Waals surface area contributed by atoms with E-state index >= 15 is 0 Å². The Balaban J connectivity index is 1.82. The molecule has 22 heavy (non-hydrogen) atoms. The second-order valence-corrected chi connectivity index (χ2v) is 5.54. The Kier molecular flexibility index (Phi) is 4.71. The summed E-state index contributed by atoms with van der Waals surface area (Å²) in [5.74, 6) is 0.867. The molecule has 1 heterocycles. The van der Waals surface area contributed by atoms with Crippen molar-refractivity contribution in [2.45, 2.75) is 25.4 Å². The van der Waals surface area contributed by atoms with E-state index in [0.717, 1.165) is 30.6 Å². The van der Waals surface area contributed by atoms with Gasteiger partial charge < -0.3 is 14.5 Å². The lowest BCUT2D eigenvalue weighted by Crippen LogP contribution is -2.18. The molecule has 1 unspecified atom stereocenters. The van der Waals surface area contributed by atoms with E-state index < -0.39 is 0 Å². The quantitative estimate of drug-likeness (QED) is 0.644. The van der Waals surface area contributed by atoms with Crippen molar-refractivity contribution < 1.29 is 9.47 Å². The van der Waals surface area contributed by atoms with Gasteiger partial charge in [0.25, 0.3) is 0 Å². The van der Waals surface area contributed by atoms with Crippen molar-refractivity contribution in [1.82, 2.24) is 4.98 Å². The number of allylic oxidation sites excluding steroid dienone is 1. The van der Waals surface area contributed by atoms with Gasteiger partial charge in [-0.05, 0) is 37.6 Å². The van der Waals surface area contributed by atoms with E-state index in [1.165, 1.54) is 16.5 Å². The minimum Gasteiger partial charge on any atom is -0.382 e. The van der Waals surface area contributed by atoms with Gasteiger partial charge in [-0.1, -0.05) is 24.3 Å². The van der Waals surface area contributed by atoms with Crippen LogP contribution in [-0.4, -0.2) is 38.1 Å². The summed E-state index contributed by atoms with van der Waals surface area (Å²) in [5, 5.41) is 1.22. The van der Waals surface area contributed by atoms with Crippen molar-refractivity contribution in [3.8, 4) is 0 Å². The summed E-state index contributed by atoms with van der Waals surface area (Å²) >= 11 is 0. The molecule has 2 aromatic rings. The van der Waals surface area contributed by atoms with Crippen molar-refractivity contribution in [1.29, 1.82) is 0 Å². The van der Waals surface area contributed by atoms with Crippen LogP contribution in [0.3, 0.4) is 0 Å². The third-order valence-electron chi connectivity index (χ3n) is 4.17. The second-order valence-electron chi connectivity index (χ2n) is 5.54. The monoisotopic (exact) mass is 298 g/mol. The number of rotatable bonds is 6. The van der Waals surface area contributed by atoms with Crippen LogP contribution in [0.1, 0.15) is 24.8 Å². The number of methoxy groups -OCH3 is 1. The lowest BCUT2D eigenvalue weighted by molar-refractivity contribution is 0.0141. The number of fused-ring (bicyclic) bond motifs is 1. The van der Waals surface area contributed by atoms with Crippen molar-refractivity contribution in [3.63, 3.8) is 0 Å². The Bertz CT molecular complexity index is 687. The molecule has 0 bridgehead atoms. The van der Waals surface area contributed by atoms with Crippen molar-refractivity contribution in [2.24, 2.45) is 4.99 Å². The molecule has 1 aromatic carbocycles. The van der Waals surface area contributed by atoms with Gasteiger partial charge in [0.1, 0.15) is 5.82 Å². The molecule has 1 aliphatic rings. The van der Waals surface area contributed by atoms with E-state index in [1.54, 1.807) is 7.11 Å². The minimum absolute atomic E-state index is 0.296. The number of nitrogens with zero attached hydrogens (tertiary/aromatic N) is 1. The van der Waals surface area contributed by atoms with Crippen LogP contribution in [-0.2, 0) is 9.47 Å². The molecule has 1 atom stereocenters. The number of benzene rings is 1. The maximum atomic E-state index is 5.82. The highest BCUT2D eigenvalue weighted by atomic mass is 16.5. The number of hydrogen-bond acceptors (Lipinski definition) is 3. The number of aromatic amines is 1. The second kappa shape index (κ2) is 6.90. The largest absolute Gasteiger partial charge is 0.382 e. The zero-order valence-electron chi connectivity index (χ0n) is 13.0. The Morgan fingerprint density at radius 3 is 2.91 bits per heavy atom. The molecular formula is C18H22N2O2. The molecule has 3 rings (SSSR count). The summed E-state index contributed by atoms with van der Waals surface area (Å²) in [5.41, 5.74) is 3.65. The fourth-order valence-corrected chi connectivity index (χ4v) is 3.06. The number of aliphatic imine (C=N–C) groups is 1. The van der Waals surface area contributed by atoms with Crippen LogP contribution >= 0.6 is 0 Å². The molecule has 1 aromatic heterocycles. The Labute approximate surface area is 130 Å². The molecule has 0 aliphatic heterocycles. The maximum Gasteiger partial charge on any atom is 0.137 e. The molecule has 0 saturated heterocycles. The van der Waals surface area contributed by atoms with Crippen LogP contribution in [0, 0.1) is 0 Å². The molecule has 1 aliphatic carbocycles. The van der Waals surface area contributed by atoms with Crippen LogP contribution in [0.5, 0.6) is 0 Å². The molecule has 4 nitrogen and oxygen atoms in total. The highest BCUT2D eigenvalue weighted by Crippen LogP contribution is 2.38. The molecule has 0 amide bonds. The minimum atomic E-state index is 0.296. The predicted octanol–water partition coefficient (Wildman–Crippen LogP) is 4.10. The standard InChI is InChI=1S/C18H22N2O2/c1-19-18-17(15-5-3-4-6-16(15)20-18)13-7-9-14(10-8-13)22-12-11-21-2/h3-7,14,20H,1,8-12H2,2H3. The predicted molar refractivity (Wildman–Crippen MR) is 91.0 cm³/mol. The van der Waals surface area contributed by atoms with Gasteiger partial charge in [-0.2, -0.15) is 0 Å². The fraction of sp³-hybridized carbons (Fsp3) is 0.389. The van der Waals surface area contributed by atoms with Crippen LogP contribution in [0.25, 0.3) is 16.5 Å². The van der Waals surface area contributed by atoms with E-state index in [4.69, 9.17) is 9.47 Å². The summed E-state index contributed by atoms with van der Waals surface area (Å²) in [6, 6.07) is 8.31. The van der Waals surface area contributed by atoms with Gasteiger partial charge in [-0.15, -0.1) is 0 Å². The summed E-state index contributed by atoms with van der Waals surface area (Å²) in [6.45, 7) is 5.02. The molecule has 0 spiro atoms. The van der Waals surface area contributed by atoms with E-state index in [9.17, 15) is 0 Å². The molecule has 116 valence electrons. The molecule has 0 fully saturated rings. The highest BCUT2D eigenvalue weighted by Gasteiger charge is 2.20. The van der Waals surface area contributed by atoms with Crippen molar-refractivity contribution >= 4 is 29.0 Å². The number of H-pyrrole nitrogens is 1. The number of para-hydroxylation sites is 1. The molecule has 0 saturated carbocycles. The lowest BCUT2D eigenvalue weighted by Gasteiger charge is -2.22. The topological polar surface area (TPSA) is 46.6 Å². The van der Waals surface area contributed by atoms with Gasteiger partial charge >= 0.3 is 0 Å². The average Bonchev–Trinajstić information content (AvgIpc) is 2.94. The number of nitrogens with one attached hydrogen (secondary N) is 1. The van der Waals surface area contributed by atoms with Crippen LogP contribution in [0.2, 0.25) is 0 Å². The van der Waals surface area contributed by atoms with Gasteiger partial charge in [-0.3, -0.25) is 0 Å². The fourth-order valence-electron chi connectivity index (χ4n) is 3.06. The van der Waals surface area contributed by atoms with Crippen LogP contribution < -0.4 is 0 Å². The van der Waals surface area contributed by atoms with Gasteiger partial charge in [0.05, 0.1) is 19.3 Å². The van der Waals surface area contributed by atoms with Gasteiger partial charge in [-0.25, -0.2) is 4.99 Å². The third kappa shape index (κ3) is 2.98. The highest BCUT2D eigenvalue weighted by molar-refractivity contribution is 5.98. The molecule has 1 N–H and O–H groups in total. The van der Waals surface area contributed by atoms with E-state index in [2.05, 4.69) is 41.0 Å². The van der Waals surface area contributed by atoms with Gasteiger partial charge in [0.15, 0.2) is 0 Å². The normalized spacial score (nSPS) is 18.4. The van der Waals surface area contributed by atoms with E-state index in [-0.39, 0.29) is 0 Å². The Morgan fingerprint density at radius 1 is 1.32 bits per heavy atom. The SMILES string of the molecule is C=Nc1[nH]c2ccccc2c1C1=CCC(OCCOC)CC1. The zero-order chi connectivity index (χ0) is 15.4. The summed E-state index contributed by atoms with van der Waals surface area (Å²) < 4.78 is 10.8. The summed E-state index contributed by atoms with van der Waals surface area (Å²) in [7, 11) is 1.70. The first kappa shape index (κ1) is 15.0. The van der Waals surface area contributed by atoms with Gasteiger partial charge in [0.2, 0.25) is 0 Å². The summed E-state index contributed by atoms with van der Waals surface area (Å²) in [4.78, 5) is 7.51. The van der Waals surface area contributed by atoms with Crippen molar-refractivity contribution in [2.75, 3.05) is 20.3 Å². The maximum absolute atomic E-state index is 5.82. The van der Waals surface area contributed by atoms with E-state index in [1.807, 2.05) is 6.07 Å². The van der Waals surface area contributed by atoms with Crippen molar-refractivity contribution in [3.05, 3.63) is 35.9 Å². The van der Waals surface area contributed by atoms with Crippen LogP contribution in [0.4, 0.5) is 5.82 Å². The number of hydrogen-bond donors (Lipinski definition) is 1. The Morgan fingerprint density at radius 2 is 2.18 bits per heavy atom. The lowest BCUT2D eigenvalue weighted by atomic mass is 9.91. The molecule has 4 heteroatoms. The number of aromatic nitrogens is 1. The smallest absolute Gasteiger partial charge is 0.137 e. The molecule has 0 radical (unpaired) electrons. The zero-order valence-corrected chi connectivity index (χ0v) is 13.0. The Hall–Kier alpha value is -1.91.